The van der Waals surface area contributed by atoms with Gasteiger partial charge in [0.15, 0.2) is 11.5 Å². The van der Waals surface area contributed by atoms with Crippen LogP contribution in [0.15, 0.2) is 48.6 Å². The molecule has 0 fully saturated rings. The van der Waals surface area contributed by atoms with E-state index < -0.39 is 29.4 Å². The van der Waals surface area contributed by atoms with Crippen LogP contribution in [0.1, 0.15) is 19.4 Å². The van der Waals surface area contributed by atoms with E-state index in [4.69, 9.17) is 14.2 Å². The second-order valence-corrected chi connectivity index (χ2v) is 7.75. The van der Waals surface area contributed by atoms with Crippen molar-refractivity contribution in [3.05, 3.63) is 54.1 Å². The van der Waals surface area contributed by atoms with Gasteiger partial charge in [0.25, 0.3) is 0 Å². The molecule has 0 aliphatic heterocycles. The van der Waals surface area contributed by atoms with E-state index in [1.807, 2.05) is 0 Å². The molecule has 0 bridgehead atoms. The summed E-state index contributed by atoms with van der Waals surface area (Å²) < 4.78 is 57.6. The maximum Gasteiger partial charge on any atom is 0.421 e. The van der Waals surface area contributed by atoms with Crippen LogP contribution in [0.25, 0.3) is 20.2 Å². The van der Waals surface area contributed by atoms with E-state index in [-0.39, 0.29) is 27.3 Å². The number of methoxy groups -OCH3 is 1. The lowest BCUT2D eigenvalue weighted by molar-refractivity contribution is -0.140. The first-order valence-corrected chi connectivity index (χ1v) is 9.66. The summed E-state index contributed by atoms with van der Waals surface area (Å²) in [6.45, 7) is 9.70. The van der Waals surface area contributed by atoms with Crippen LogP contribution >= 0.6 is 11.3 Å². The highest BCUT2D eigenvalue weighted by Gasteiger charge is 2.38. The molecule has 0 amide bonds. The van der Waals surface area contributed by atoms with Crippen molar-refractivity contribution in [2.45, 2.75) is 20.0 Å². The van der Waals surface area contributed by atoms with Gasteiger partial charge in [-0.25, -0.2) is 9.59 Å². The molecule has 0 N–H and O–H groups in total. The molecule has 0 aliphatic rings. The summed E-state index contributed by atoms with van der Waals surface area (Å²) in [4.78, 5) is 23.7. The van der Waals surface area contributed by atoms with Gasteiger partial charge in [0.2, 0.25) is 0 Å². The number of hydrogen-bond acceptors (Lipinski definition) is 6. The first-order chi connectivity index (χ1) is 14.5. The zero-order chi connectivity index (χ0) is 23.1. The summed E-state index contributed by atoms with van der Waals surface area (Å²) in [5, 5.41) is 0.758. The molecule has 1 heterocycles. The van der Waals surface area contributed by atoms with Crippen LogP contribution in [0.2, 0.25) is 0 Å². The number of benzene rings is 2. The lowest BCUT2D eigenvalue weighted by Crippen LogP contribution is -2.14. The molecule has 31 heavy (non-hydrogen) atoms. The Balaban J connectivity index is 2.30. The monoisotopic (exact) mass is 450 g/mol. The second-order valence-electron chi connectivity index (χ2n) is 6.73. The van der Waals surface area contributed by atoms with Crippen molar-refractivity contribution in [2.75, 3.05) is 7.11 Å². The SMILES string of the molecule is C=C(C)C(=O)Oc1ccc2c(sc3c(C(F)(F)F)c(OC(=O)C(=C)C)ccc32)c1OC. The molecule has 2 aromatic carbocycles. The third-order valence-electron chi connectivity index (χ3n) is 4.28. The number of hydrogen-bond donors (Lipinski definition) is 0. The number of ether oxygens (including phenoxy) is 3. The van der Waals surface area contributed by atoms with Gasteiger partial charge in [-0.05, 0) is 38.1 Å². The van der Waals surface area contributed by atoms with Crippen LogP contribution in [-0.4, -0.2) is 19.0 Å². The van der Waals surface area contributed by atoms with Crippen LogP contribution in [0, 0.1) is 0 Å². The van der Waals surface area contributed by atoms with Gasteiger partial charge in [0.1, 0.15) is 11.3 Å². The van der Waals surface area contributed by atoms with Gasteiger partial charge in [-0.3, -0.25) is 0 Å². The number of thiophene rings is 1. The topological polar surface area (TPSA) is 61.8 Å². The minimum atomic E-state index is -4.80. The Bertz CT molecular complexity index is 1250. The highest BCUT2D eigenvalue weighted by molar-refractivity contribution is 7.26. The molecule has 9 heteroatoms. The Morgan fingerprint density at radius 1 is 0.871 bits per heavy atom. The number of carbonyl (C=O) groups is 2. The van der Waals surface area contributed by atoms with Crippen molar-refractivity contribution >= 4 is 43.4 Å². The maximum atomic E-state index is 14.0. The number of carbonyl (C=O) groups excluding carboxylic acids is 2. The number of alkyl halides is 3. The zero-order valence-electron chi connectivity index (χ0n) is 16.8. The fraction of sp³-hybridized carbons (Fsp3) is 0.182. The van der Waals surface area contributed by atoms with Crippen molar-refractivity contribution in [3.63, 3.8) is 0 Å². The van der Waals surface area contributed by atoms with E-state index in [0.29, 0.717) is 15.5 Å². The Labute approximate surface area is 179 Å². The highest BCUT2D eigenvalue weighted by atomic mass is 32.1. The number of halogens is 3. The molecule has 0 radical (unpaired) electrons. The fourth-order valence-corrected chi connectivity index (χ4v) is 4.22. The molecule has 0 atom stereocenters. The summed E-state index contributed by atoms with van der Waals surface area (Å²) in [5.41, 5.74) is -0.958. The van der Waals surface area contributed by atoms with Gasteiger partial charge in [0.05, 0.1) is 16.5 Å². The van der Waals surface area contributed by atoms with Crippen LogP contribution < -0.4 is 14.2 Å². The lowest BCUT2D eigenvalue weighted by Gasteiger charge is -2.13. The molecular weight excluding hydrogens is 433 g/mol. The van der Waals surface area contributed by atoms with Crippen LogP contribution in [0.3, 0.4) is 0 Å². The normalized spacial score (nSPS) is 11.4. The molecule has 0 saturated carbocycles. The number of esters is 2. The molecular formula is C22H17F3O5S. The van der Waals surface area contributed by atoms with Crippen molar-refractivity contribution in [1.82, 2.24) is 0 Å². The summed E-state index contributed by atoms with van der Waals surface area (Å²) in [6.07, 6.45) is -4.80. The predicted octanol–water partition coefficient (Wildman–Crippen LogP) is 6.04. The molecule has 0 aliphatic carbocycles. The Morgan fingerprint density at radius 3 is 1.84 bits per heavy atom. The lowest BCUT2D eigenvalue weighted by atomic mass is 10.1. The molecule has 0 saturated heterocycles. The summed E-state index contributed by atoms with van der Waals surface area (Å²) in [6, 6.07) is 5.51. The zero-order valence-corrected chi connectivity index (χ0v) is 17.6. The average molecular weight is 450 g/mol. The van der Waals surface area contributed by atoms with Crippen LogP contribution in [0.5, 0.6) is 17.2 Å². The smallest absolute Gasteiger partial charge is 0.421 e. The van der Waals surface area contributed by atoms with E-state index in [0.717, 1.165) is 17.4 Å². The quantitative estimate of drug-likeness (QED) is 0.269. The standard InChI is InChI=1S/C22H17F3O5S/c1-10(2)20(26)29-14-8-6-12-13-7-9-15(30-21(27)11(3)4)17(28-5)19(13)31-18(12)16(14)22(23,24)25/h6-9H,1,3H2,2,4-5H3. The van der Waals surface area contributed by atoms with Gasteiger partial charge >= 0.3 is 18.1 Å². The van der Waals surface area contributed by atoms with Crippen molar-refractivity contribution in [3.8, 4) is 17.2 Å². The average Bonchev–Trinajstić information content (AvgIpc) is 3.04. The number of rotatable bonds is 5. The van der Waals surface area contributed by atoms with Crippen LogP contribution in [-0.2, 0) is 15.8 Å². The maximum absolute atomic E-state index is 14.0. The van der Waals surface area contributed by atoms with Gasteiger partial charge in [0, 0.05) is 21.9 Å². The predicted molar refractivity (Wildman–Crippen MR) is 112 cm³/mol. The Morgan fingerprint density at radius 2 is 1.35 bits per heavy atom. The summed E-state index contributed by atoms with van der Waals surface area (Å²) in [5.74, 6) is -2.10. The van der Waals surface area contributed by atoms with E-state index in [1.165, 1.54) is 39.2 Å². The van der Waals surface area contributed by atoms with Gasteiger partial charge < -0.3 is 14.2 Å². The van der Waals surface area contributed by atoms with E-state index >= 15 is 0 Å². The molecule has 162 valence electrons. The third-order valence-corrected chi connectivity index (χ3v) is 5.52. The first kappa shape index (κ1) is 22.4. The van der Waals surface area contributed by atoms with Gasteiger partial charge in [-0.1, -0.05) is 13.2 Å². The molecule has 1 aromatic heterocycles. The first-order valence-electron chi connectivity index (χ1n) is 8.84. The summed E-state index contributed by atoms with van der Waals surface area (Å²) >= 11 is 0.793. The molecule has 3 rings (SSSR count). The Kier molecular flexibility index (Phi) is 5.82. The largest absolute Gasteiger partial charge is 0.491 e. The molecule has 5 nitrogen and oxygen atoms in total. The van der Waals surface area contributed by atoms with Gasteiger partial charge in [-0.15, -0.1) is 11.3 Å². The van der Waals surface area contributed by atoms with Crippen LogP contribution in [0.4, 0.5) is 13.2 Å². The molecule has 0 unspecified atom stereocenters. The van der Waals surface area contributed by atoms with E-state index in [9.17, 15) is 22.8 Å². The Hall–Kier alpha value is -3.33. The minimum Gasteiger partial charge on any atom is -0.491 e. The highest BCUT2D eigenvalue weighted by Crippen LogP contribution is 2.50. The van der Waals surface area contributed by atoms with Crippen molar-refractivity contribution < 1.29 is 37.0 Å². The third kappa shape index (κ3) is 4.13. The summed E-state index contributed by atoms with van der Waals surface area (Å²) in [7, 11) is 1.32. The van der Waals surface area contributed by atoms with E-state index in [1.54, 1.807) is 0 Å². The fourth-order valence-electron chi connectivity index (χ4n) is 2.84. The van der Waals surface area contributed by atoms with Crippen molar-refractivity contribution in [2.24, 2.45) is 0 Å². The molecule has 0 spiro atoms. The molecule has 3 aromatic rings. The van der Waals surface area contributed by atoms with E-state index in [2.05, 4.69) is 13.2 Å². The minimum absolute atomic E-state index is 0.0322. The van der Waals surface area contributed by atoms with Crippen molar-refractivity contribution in [1.29, 1.82) is 0 Å². The second kappa shape index (κ2) is 8.07. The number of fused-ring (bicyclic) bond motifs is 3. The van der Waals surface area contributed by atoms with Gasteiger partial charge in [-0.2, -0.15) is 13.2 Å².